The van der Waals surface area contributed by atoms with E-state index in [0.29, 0.717) is 58.6 Å². The summed E-state index contributed by atoms with van der Waals surface area (Å²) in [6.07, 6.45) is 5.26. The van der Waals surface area contributed by atoms with Crippen LogP contribution in [0.1, 0.15) is 81.8 Å². The zero-order valence-corrected chi connectivity index (χ0v) is 33.6. The number of hydrogen-bond donors (Lipinski definition) is 9. The first-order chi connectivity index (χ1) is 26.6. The van der Waals surface area contributed by atoms with Crippen LogP contribution in [0.4, 0.5) is 16.4 Å². The Morgan fingerprint density at radius 3 is 2.18 bits per heavy atom. The fraction of sp³-hybridized carbons (Fsp3) is 0.583. The number of halogens is 1. The molecule has 312 valence electrons. The van der Waals surface area contributed by atoms with Gasteiger partial charge in [-0.05, 0) is 109 Å². The van der Waals surface area contributed by atoms with Crippen molar-refractivity contribution in [2.75, 3.05) is 63.9 Å². The molecule has 1 aromatic carbocycles. The standard InChI is InChI=1S/C36H61ClN14O5/c1-36(2,3)56-35(54)50-34(43)46-18-7-5-11-26(39)31(52)44-19-9-21-51(20-8-16-38)22-23-55-25-14-12-24(13-15-25)10-4-6-17-45-33(42)49-32(53)27-29(40)48-30(41)28(37)47-27/h12-15,26H,4-11,16-23,38-39H2,1-3H3,(H,44,52)(H4,40,41,48)(H3,42,45,49,53)(H3,43,46,50,54)/t26-/m0/s1. The largest absolute Gasteiger partial charge is 0.492 e. The number of nitrogens with two attached hydrogens (primary N) is 6. The molecule has 0 fully saturated rings. The van der Waals surface area contributed by atoms with Crippen molar-refractivity contribution in [1.82, 2.24) is 30.8 Å². The molecule has 0 unspecified atom stereocenters. The number of carbonyl (C=O) groups excluding carboxylic acids is 3. The molecule has 0 aliphatic rings. The van der Waals surface area contributed by atoms with Crippen LogP contribution in [-0.2, 0) is 16.0 Å². The lowest BCUT2D eigenvalue weighted by Gasteiger charge is -2.22. The van der Waals surface area contributed by atoms with E-state index in [-0.39, 0.29) is 40.3 Å². The van der Waals surface area contributed by atoms with Gasteiger partial charge in [0.05, 0.1) is 6.04 Å². The molecule has 19 nitrogen and oxygen atoms in total. The molecule has 0 saturated heterocycles. The van der Waals surface area contributed by atoms with Crippen molar-refractivity contribution in [2.24, 2.45) is 32.9 Å². The molecule has 1 atom stereocenters. The number of benzene rings is 1. The van der Waals surface area contributed by atoms with Crippen molar-refractivity contribution >= 4 is 53.1 Å². The van der Waals surface area contributed by atoms with E-state index in [0.717, 1.165) is 56.5 Å². The number of aryl methyl sites for hydroxylation is 1. The SMILES string of the molecule is CC(C)(C)OC(=O)NC(N)=NCCCC[C@H](N)C(=O)NCCCN(CCCN)CCOc1ccc(CCCCN=C(N)NC(=O)c2nc(Cl)c(N)nc2N)cc1. The van der Waals surface area contributed by atoms with Crippen LogP contribution >= 0.6 is 11.6 Å². The number of carbonyl (C=O) groups is 3. The Bertz CT molecular complexity index is 1590. The molecule has 0 radical (unpaired) electrons. The van der Waals surface area contributed by atoms with Crippen LogP contribution in [0.2, 0.25) is 5.15 Å². The number of aliphatic imine (C=N–C) groups is 2. The maximum absolute atomic E-state index is 12.5. The highest BCUT2D eigenvalue weighted by Crippen LogP contribution is 2.17. The van der Waals surface area contributed by atoms with Crippen LogP contribution in [0.5, 0.6) is 5.75 Å². The van der Waals surface area contributed by atoms with E-state index in [4.69, 9.17) is 55.5 Å². The number of nitrogen functional groups attached to an aromatic ring is 2. The molecular formula is C36H61ClN14O5. The Hall–Kier alpha value is -4.98. The summed E-state index contributed by atoms with van der Waals surface area (Å²) in [5.74, 6) is -0.412. The van der Waals surface area contributed by atoms with Crippen LogP contribution in [0.25, 0.3) is 0 Å². The van der Waals surface area contributed by atoms with E-state index in [9.17, 15) is 14.4 Å². The fourth-order valence-corrected chi connectivity index (χ4v) is 5.19. The van der Waals surface area contributed by atoms with Gasteiger partial charge in [-0.15, -0.1) is 0 Å². The second-order valence-corrected chi connectivity index (χ2v) is 14.3. The number of alkyl carbamates (subject to hydrolysis) is 1. The molecule has 0 bridgehead atoms. The number of guanidine groups is 2. The van der Waals surface area contributed by atoms with Crippen molar-refractivity contribution in [2.45, 2.75) is 83.8 Å². The smallest absolute Gasteiger partial charge is 0.414 e. The van der Waals surface area contributed by atoms with E-state index in [1.54, 1.807) is 20.8 Å². The summed E-state index contributed by atoms with van der Waals surface area (Å²) in [6, 6.07) is 7.35. The van der Waals surface area contributed by atoms with Gasteiger partial charge in [-0.2, -0.15) is 0 Å². The van der Waals surface area contributed by atoms with Crippen LogP contribution in [-0.4, -0.2) is 109 Å². The van der Waals surface area contributed by atoms with Gasteiger partial charge in [-0.3, -0.25) is 35.1 Å². The highest BCUT2D eigenvalue weighted by Gasteiger charge is 2.18. The summed E-state index contributed by atoms with van der Waals surface area (Å²) in [4.78, 5) is 54.8. The summed E-state index contributed by atoms with van der Waals surface area (Å²) >= 11 is 5.83. The normalized spacial score (nSPS) is 12.6. The summed E-state index contributed by atoms with van der Waals surface area (Å²) < 4.78 is 11.1. The zero-order valence-electron chi connectivity index (χ0n) is 32.8. The minimum absolute atomic E-state index is 0.0173. The molecule has 0 spiro atoms. The maximum Gasteiger partial charge on any atom is 0.414 e. The number of ether oxygens (including phenoxy) is 2. The third-order valence-electron chi connectivity index (χ3n) is 7.92. The molecule has 2 aromatic rings. The van der Waals surface area contributed by atoms with Gasteiger partial charge in [0, 0.05) is 26.2 Å². The van der Waals surface area contributed by atoms with E-state index in [1.807, 2.05) is 24.3 Å². The van der Waals surface area contributed by atoms with Gasteiger partial charge in [0.1, 0.15) is 18.0 Å². The molecule has 15 N–H and O–H groups in total. The molecule has 3 amide bonds. The van der Waals surface area contributed by atoms with Crippen molar-refractivity contribution in [3.05, 3.63) is 40.7 Å². The predicted octanol–water partition coefficient (Wildman–Crippen LogP) is 1.23. The third-order valence-corrected chi connectivity index (χ3v) is 8.19. The monoisotopic (exact) mass is 804 g/mol. The highest BCUT2D eigenvalue weighted by molar-refractivity contribution is 6.31. The van der Waals surface area contributed by atoms with Crippen molar-refractivity contribution < 1.29 is 23.9 Å². The highest BCUT2D eigenvalue weighted by atomic mass is 35.5. The average Bonchev–Trinajstić information content (AvgIpc) is 3.12. The molecule has 1 heterocycles. The summed E-state index contributed by atoms with van der Waals surface area (Å²) in [5, 5.41) is 7.60. The van der Waals surface area contributed by atoms with Gasteiger partial charge < -0.3 is 49.2 Å². The summed E-state index contributed by atoms with van der Waals surface area (Å²) in [6.45, 7) is 10.0. The van der Waals surface area contributed by atoms with Crippen molar-refractivity contribution in [3.8, 4) is 5.75 Å². The number of aromatic nitrogens is 2. The maximum atomic E-state index is 12.5. The second kappa shape index (κ2) is 25.2. The number of amides is 3. The first kappa shape index (κ1) is 47.2. The molecule has 20 heteroatoms. The van der Waals surface area contributed by atoms with Gasteiger partial charge in [0.15, 0.2) is 34.4 Å². The molecule has 1 aromatic heterocycles. The quantitative estimate of drug-likeness (QED) is 0.0434. The van der Waals surface area contributed by atoms with Crippen LogP contribution in [0.3, 0.4) is 0 Å². The molecule has 2 rings (SSSR count). The van der Waals surface area contributed by atoms with Crippen LogP contribution < -0.4 is 55.1 Å². The number of unbranched alkanes of at least 4 members (excludes halogenated alkanes) is 2. The van der Waals surface area contributed by atoms with Gasteiger partial charge >= 0.3 is 6.09 Å². The molecule has 0 aliphatic heterocycles. The lowest BCUT2D eigenvalue weighted by Crippen LogP contribution is -2.42. The lowest BCUT2D eigenvalue weighted by molar-refractivity contribution is -0.122. The Balaban J connectivity index is 1.62. The Morgan fingerprint density at radius 1 is 0.875 bits per heavy atom. The van der Waals surface area contributed by atoms with Crippen molar-refractivity contribution in [1.29, 1.82) is 0 Å². The van der Waals surface area contributed by atoms with Gasteiger partial charge in [-0.1, -0.05) is 23.7 Å². The Kier molecular flexibility index (Phi) is 21.3. The van der Waals surface area contributed by atoms with Gasteiger partial charge in [0.2, 0.25) is 5.91 Å². The molecule has 0 saturated carbocycles. The van der Waals surface area contributed by atoms with Gasteiger partial charge in [0.25, 0.3) is 5.91 Å². The van der Waals surface area contributed by atoms with E-state index >= 15 is 0 Å². The first-order valence-electron chi connectivity index (χ1n) is 18.7. The number of anilines is 2. The Labute approximate surface area is 334 Å². The third kappa shape index (κ3) is 20.1. The topological polar surface area (TPSA) is 316 Å². The number of nitrogens with zero attached hydrogens (tertiary/aromatic N) is 5. The fourth-order valence-electron chi connectivity index (χ4n) is 5.06. The molecular weight excluding hydrogens is 744 g/mol. The second-order valence-electron chi connectivity index (χ2n) is 13.9. The predicted molar refractivity (Wildman–Crippen MR) is 220 cm³/mol. The lowest BCUT2D eigenvalue weighted by atomic mass is 10.1. The van der Waals surface area contributed by atoms with Crippen molar-refractivity contribution in [3.63, 3.8) is 0 Å². The van der Waals surface area contributed by atoms with E-state index in [2.05, 4.69) is 40.8 Å². The Morgan fingerprint density at radius 2 is 1.52 bits per heavy atom. The van der Waals surface area contributed by atoms with E-state index in [1.165, 1.54) is 0 Å². The molecule has 0 aliphatic carbocycles. The van der Waals surface area contributed by atoms with Crippen LogP contribution in [0, 0.1) is 0 Å². The summed E-state index contributed by atoms with van der Waals surface area (Å²) in [7, 11) is 0. The summed E-state index contributed by atoms with van der Waals surface area (Å²) in [5.41, 5.74) is 35.0. The number of hydrogen-bond acceptors (Lipinski definition) is 14. The number of nitrogens with one attached hydrogen (secondary N) is 3. The number of rotatable bonds is 23. The average molecular weight is 805 g/mol. The zero-order chi connectivity index (χ0) is 41.5. The van der Waals surface area contributed by atoms with E-state index < -0.39 is 23.6 Å². The minimum Gasteiger partial charge on any atom is -0.492 e. The van der Waals surface area contributed by atoms with Crippen LogP contribution in [0.15, 0.2) is 34.3 Å². The minimum atomic E-state index is -0.682. The first-order valence-corrected chi connectivity index (χ1v) is 19.1. The molecule has 56 heavy (non-hydrogen) atoms. The van der Waals surface area contributed by atoms with Gasteiger partial charge in [-0.25, -0.2) is 14.8 Å².